The van der Waals surface area contributed by atoms with Gasteiger partial charge in [0.15, 0.2) is 0 Å². The normalized spacial score (nSPS) is 10.0. The van der Waals surface area contributed by atoms with Crippen molar-refractivity contribution in [2.75, 3.05) is 11.1 Å². The van der Waals surface area contributed by atoms with Crippen molar-refractivity contribution >= 4 is 23.4 Å². The van der Waals surface area contributed by atoms with Crippen molar-refractivity contribution in [1.82, 2.24) is 10.3 Å². The second-order valence-corrected chi connectivity index (χ2v) is 3.33. The number of rotatable bonds is 3. The highest BCUT2D eigenvalue weighted by molar-refractivity contribution is 6.05. The Morgan fingerprint density at radius 2 is 1.89 bits per heavy atom. The number of carbonyl (C=O) groups is 2. The van der Waals surface area contributed by atoms with Gasteiger partial charge >= 0.3 is 5.97 Å². The summed E-state index contributed by atoms with van der Waals surface area (Å²) in [7, 11) is 0. The lowest BCUT2D eigenvalue weighted by molar-refractivity contribution is 0.0696. The highest BCUT2D eigenvalue weighted by Crippen LogP contribution is 2.12. The molecule has 0 spiro atoms. The number of hydrogen-bond donors (Lipinski definition) is 3. The molecule has 0 radical (unpaired) electrons. The Bertz CT molecular complexity index is 590. The standard InChI is InChI=1S/C10H8N4O4/c11-8-7(13-18-14-8)9(15)12-6-3-1-5(2-4-6)10(16)17/h1-4H,(H2,11,14)(H,12,15)(H,16,17). The van der Waals surface area contributed by atoms with E-state index < -0.39 is 11.9 Å². The topological polar surface area (TPSA) is 131 Å². The number of carboxylic acids is 1. The fraction of sp³-hybridized carbons (Fsp3) is 0. The third kappa shape index (κ3) is 2.26. The highest BCUT2D eigenvalue weighted by atomic mass is 16.6. The summed E-state index contributed by atoms with van der Waals surface area (Å²) in [5, 5.41) is 17.8. The predicted octanol–water partition coefficient (Wildman–Crippen LogP) is 0.602. The molecule has 0 saturated heterocycles. The summed E-state index contributed by atoms with van der Waals surface area (Å²) in [5.74, 6) is -1.75. The molecule has 8 nitrogen and oxygen atoms in total. The number of nitrogens with one attached hydrogen (secondary N) is 1. The van der Waals surface area contributed by atoms with Crippen LogP contribution in [0.3, 0.4) is 0 Å². The summed E-state index contributed by atoms with van der Waals surface area (Å²) in [5.41, 5.74) is 5.76. The maximum atomic E-state index is 11.6. The summed E-state index contributed by atoms with van der Waals surface area (Å²) in [6.45, 7) is 0. The molecule has 1 aromatic carbocycles. The number of benzene rings is 1. The molecule has 0 fully saturated rings. The minimum absolute atomic E-state index is 0.116. The fourth-order valence-electron chi connectivity index (χ4n) is 1.24. The molecule has 0 saturated carbocycles. The summed E-state index contributed by atoms with van der Waals surface area (Å²) in [6, 6.07) is 5.63. The first kappa shape index (κ1) is 11.6. The van der Waals surface area contributed by atoms with E-state index in [1.165, 1.54) is 24.3 Å². The van der Waals surface area contributed by atoms with Crippen molar-refractivity contribution in [3.8, 4) is 0 Å². The van der Waals surface area contributed by atoms with Crippen LogP contribution in [0.15, 0.2) is 28.9 Å². The summed E-state index contributed by atoms with van der Waals surface area (Å²) >= 11 is 0. The molecule has 8 heteroatoms. The van der Waals surface area contributed by atoms with Crippen LogP contribution in [-0.2, 0) is 0 Å². The van der Waals surface area contributed by atoms with Gasteiger partial charge < -0.3 is 16.2 Å². The minimum atomic E-state index is -1.04. The number of carboxylic acid groups (broad SMARTS) is 1. The zero-order chi connectivity index (χ0) is 13.1. The van der Waals surface area contributed by atoms with Crippen molar-refractivity contribution < 1.29 is 19.3 Å². The van der Waals surface area contributed by atoms with Gasteiger partial charge in [0.05, 0.1) is 5.56 Å². The monoisotopic (exact) mass is 248 g/mol. The van der Waals surface area contributed by atoms with Gasteiger partial charge in [-0.3, -0.25) is 4.79 Å². The Balaban J connectivity index is 2.13. The lowest BCUT2D eigenvalue weighted by atomic mass is 10.2. The van der Waals surface area contributed by atoms with Gasteiger partial charge in [-0.25, -0.2) is 9.42 Å². The quantitative estimate of drug-likeness (QED) is 0.724. The molecule has 0 atom stereocenters. The van der Waals surface area contributed by atoms with E-state index in [2.05, 4.69) is 20.3 Å². The summed E-state index contributed by atoms with van der Waals surface area (Å²) < 4.78 is 4.29. The molecule has 0 aliphatic heterocycles. The van der Waals surface area contributed by atoms with Crippen LogP contribution < -0.4 is 11.1 Å². The minimum Gasteiger partial charge on any atom is -0.478 e. The molecule has 2 aromatic rings. The van der Waals surface area contributed by atoms with E-state index in [-0.39, 0.29) is 17.1 Å². The summed E-state index contributed by atoms with van der Waals surface area (Å²) in [6.07, 6.45) is 0. The molecule has 4 N–H and O–H groups in total. The molecule has 0 unspecified atom stereocenters. The molecule has 92 valence electrons. The number of anilines is 2. The maximum absolute atomic E-state index is 11.6. The maximum Gasteiger partial charge on any atom is 0.335 e. The van der Waals surface area contributed by atoms with Crippen LogP contribution in [0.1, 0.15) is 20.8 Å². The molecule has 1 heterocycles. The first-order chi connectivity index (χ1) is 8.58. The van der Waals surface area contributed by atoms with E-state index >= 15 is 0 Å². The first-order valence-corrected chi connectivity index (χ1v) is 4.80. The largest absolute Gasteiger partial charge is 0.478 e. The first-order valence-electron chi connectivity index (χ1n) is 4.80. The zero-order valence-electron chi connectivity index (χ0n) is 8.95. The van der Waals surface area contributed by atoms with E-state index in [1.807, 2.05) is 0 Å². The smallest absolute Gasteiger partial charge is 0.335 e. The second-order valence-electron chi connectivity index (χ2n) is 3.33. The van der Waals surface area contributed by atoms with E-state index in [1.54, 1.807) is 0 Å². The molecule has 18 heavy (non-hydrogen) atoms. The Kier molecular flexibility index (Phi) is 2.92. The van der Waals surface area contributed by atoms with E-state index in [4.69, 9.17) is 10.8 Å². The average molecular weight is 248 g/mol. The Labute approximate surface area is 100 Å². The molecule has 1 amide bonds. The van der Waals surface area contributed by atoms with Crippen molar-refractivity contribution in [1.29, 1.82) is 0 Å². The Morgan fingerprint density at radius 1 is 1.22 bits per heavy atom. The van der Waals surface area contributed by atoms with Crippen LogP contribution in [0.25, 0.3) is 0 Å². The molecule has 0 aliphatic rings. The van der Waals surface area contributed by atoms with Crippen LogP contribution in [0.2, 0.25) is 0 Å². The molecule has 0 bridgehead atoms. The predicted molar refractivity (Wildman–Crippen MR) is 60.1 cm³/mol. The third-order valence-corrected chi connectivity index (χ3v) is 2.12. The number of amides is 1. The van der Waals surface area contributed by atoms with Crippen LogP contribution in [-0.4, -0.2) is 27.3 Å². The number of nitrogens with two attached hydrogens (primary N) is 1. The number of aromatic carboxylic acids is 1. The van der Waals surface area contributed by atoms with Crippen LogP contribution >= 0.6 is 0 Å². The van der Waals surface area contributed by atoms with Crippen molar-refractivity contribution in [3.05, 3.63) is 35.5 Å². The molecule has 1 aromatic heterocycles. The number of aromatic nitrogens is 2. The molecule has 0 aliphatic carbocycles. The van der Waals surface area contributed by atoms with Gasteiger partial charge in [0.1, 0.15) is 0 Å². The van der Waals surface area contributed by atoms with Gasteiger partial charge in [-0.1, -0.05) is 0 Å². The van der Waals surface area contributed by atoms with Crippen LogP contribution in [0.4, 0.5) is 11.5 Å². The van der Waals surface area contributed by atoms with Crippen LogP contribution in [0.5, 0.6) is 0 Å². The van der Waals surface area contributed by atoms with E-state index in [0.29, 0.717) is 5.69 Å². The van der Waals surface area contributed by atoms with Gasteiger partial charge in [-0.05, 0) is 34.6 Å². The highest BCUT2D eigenvalue weighted by Gasteiger charge is 2.16. The Morgan fingerprint density at radius 3 is 2.39 bits per heavy atom. The SMILES string of the molecule is Nc1nonc1C(=O)Nc1ccc(C(=O)O)cc1. The Hall–Kier alpha value is -2.90. The van der Waals surface area contributed by atoms with E-state index in [9.17, 15) is 9.59 Å². The number of nitrogen functional groups attached to an aromatic ring is 1. The van der Waals surface area contributed by atoms with Gasteiger partial charge in [-0.15, -0.1) is 0 Å². The van der Waals surface area contributed by atoms with Gasteiger partial charge in [-0.2, -0.15) is 0 Å². The third-order valence-electron chi connectivity index (χ3n) is 2.12. The van der Waals surface area contributed by atoms with Crippen molar-refractivity contribution in [3.63, 3.8) is 0 Å². The second kappa shape index (κ2) is 4.53. The zero-order valence-corrected chi connectivity index (χ0v) is 8.95. The van der Waals surface area contributed by atoms with Gasteiger partial charge in [0.25, 0.3) is 5.91 Å². The summed E-state index contributed by atoms with van der Waals surface area (Å²) in [4.78, 5) is 22.3. The van der Waals surface area contributed by atoms with E-state index in [0.717, 1.165) is 0 Å². The van der Waals surface area contributed by atoms with Gasteiger partial charge in [0, 0.05) is 5.69 Å². The fourth-order valence-corrected chi connectivity index (χ4v) is 1.24. The molecular formula is C10H8N4O4. The number of hydrogen-bond acceptors (Lipinski definition) is 6. The van der Waals surface area contributed by atoms with Crippen LogP contribution in [0, 0.1) is 0 Å². The molecule has 2 rings (SSSR count). The molecular weight excluding hydrogens is 240 g/mol. The van der Waals surface area contributed by atoms with Crippen molar-refractivity contribution in [2.45, 2.75) is 0 Å². The average Bonchev–Trinajstić information content (AvgIpc) is 2.76. The van der Waals surface area contributed by atoms with Gasteiger partial charge in [0.2, 0.25) is 11.5 Å². The lowest BCUT2D eigenvalue weighted by Gasteiger charge is -2.03. The number of carbonyl (C=O) groups excluding carboxylic acids is 1. The number of nitrogens with zero attached hydrogens (tertiary/aromatic N) is 2. The van der Waals surface area contributed by atoms with Crippen molar-refractivity contribution in [2.24, 2.45) is 0 Å². The lowest BCUT2D eigenvalue weighted by Crippen LogP contribution is -2.14.